The Kier molecular flexibility index (Phi) is 14.6. The number of fused-ring (bicyclic) bond motifs is 2. The molecule has 0 bridgehead atoms. The number of halogens is 2. The Labute approximate surface area is 389 Å². The zero-order valence-electron chi connectivity index (χ0n) is 31.3. The smallest absolute Gasteiger partial charge is 0.352 e. The lowest BCUT2D eigenvalue weighted by Crippen LogP contribution is -2.70. The highest BCUT2D eigenvalue weighted by Gasteiger charge is 2.55. The second-order valence-corrected chi connectivity index (χ2v) is 21.4. The Morgan fingerprint density at radius 3 is 1.42 bits per heavy atom. The fourth-order valence-electron chi connectivity index (χ4n) is 7.25. The quantitative estimate of drug-likeness (QED) is 0.176. The first-order chi connectivity index (χ1) is 28.7. The molecule has 0 aromatic heterocycles. The maximum atomic E-state index is 13.2. The summed E-state index contributed by atoms with van der Waals surface area (Å²) in [5, 5.41) is 24.8. The molecule has 4 amide bonds. The van der Waals surface area contributed by atoms with E-state index in [1.54, 1.807) is 0 Å². The average Bonchev–Trinajstić information content (AvgIpc) is 3.22. The summed E-state index contributed by atoms with van der Waals surface area (Å²) in [5.41, 5.74) is 2.61. The van der Waals surface area contributed by atoms with Crippen LogP contribution in [0.15, 0.2) is 80.0 Å². The molecule has 0 radical (unpaired) electrons. The normalized spacial score (nSPS) is 22.4. The van der Waals surface area contributed by atoms with Crippen LogP contribution < -0.4 is 10.6 Å². The van der Waals surface area contributed by atoms with Crippen LogP contribution >= 0.6 is 103 Å². The number of nitrogens with zero attached hydrogens (tertiary/aromatic N) is 4. The van der Waals surface area contributed by atoms with E-state index >= 15 is 0 Å². The van der Waals surface area contributed by atoms with Crippen molar-refractivity contribution in [1.29, 1.82) is 0 Å². The molecule has 0 spiro atoms. The van der Waals surface area contributed by atoms with Crippen LogP contribution in [-0.4, -0.2) is 146 Å². The lowest BCUT2D eigenvalue weighted by atomic mass is 10.0. The molecule has 4 atom stereocenters. The van der Waals surface area contributed by atoms with E-state index in [2.05, 4.69) is 42.5 Å². The number of benzene rings is 2. The van der Waals surface area contributed by atoms with E-state index in [-0.39, 0.29) is 47.6 Å². The minimum absolute atomic E-state index is 0.0608. The number of hydrogen-bond acceptors (Lipinski definition) is 12. The molecule has 14 nitrogen and oxygen atoms in total. The van der Waals surface area contributed by atoms with Gasteiger partial charge in [0.15, 0.2) is 0 Å². The van der Waals surface area contributed by atoms with Crippen molar-refractivity contribution < 1.29 is 39.0 Å². The first kappa shape index (κ1) is 44.9. The van der Waals surface area contributed by atoms with Crippen LogP contribution in [0.2, 0.25) is 0 Å². The lowest BCUT2D eigenvalue weighted by Gasteiger charge is -2.49. The number of carbonyl (C=O) groups excluding carboxylic acids is 4. The topological polar surface area (TPSA) is 180 Å². The highest BCUT2D eigenvalue weighted by atomic mass is 79.9. The molecule has 2 aromatic rings. The fraction of sp³-hybridized carbons (Fsp3) is 0.368. The highest BCUT2D eigenvalue weighted by molar-refractivity contribution is 9.10. The van der Waals surface area contributed by atoms with E-state index in [1.807, 2.05) is 58.3 Å². The summed E-state index contributed by atoms with van der Waals surface area (Å²) in [4.78, 5) is 83.3. The van der Waals surface area contributed by atoms with E-state index in [0.717, 1.165) is 20.1 Å². The third-order valence-corrected chi connectivity index (χ3v) is 17.1. The first-order valence-corrected chi connectivity index (χ1v) is 24.9. The zero-order chi connectivity index (χ0) is 42.8. The van der Waals surface area contributed by atoms with E-state index in [4.69, 9.17) is 24.4 Å². The Morgan fingerprint density at radius 2 is 1.07 bits per heavy atom. The monoisotopic (exact) mass is 1050 g/mol. The Hall–Kier alpha value is -3.12. The summed E-state index contributed by atoms with van der Waals surface area (Å²) in [7, 11) is 0. The lowest BCUT2D eigenvalue weighted by molar-refractivity contribution is -0.150. The Morgan fingerprint density at radius 1 is 0.683 bits per heavy atom. The summed E-state index contributed by atoms with van der Waals surface area (Å²) in [6.45, 7) is 2.27. The standard InChI is InChI=1S/C38H36Br2N6O8S6/c39-23-5-1-3-19(11-23)13-25(47)41-27-31(49)45-29(35(51)52)21(15-57-33(27)45)17-59-37(55)43-7-9-44(10-8-43)38(56)60-18-22-16-58-34-28(32(50)46(34)30(22)36(53)54)42-26(48)14-20-4-2-6-24(40)12-20/h1-6,11-12,27-28,33-34H,7-10,13-18H2,(H,41,47)(H,42,48)(H,51,52)(H,53,54). The van der Waals surface area contributed by atoms with Crippen LogP contribution in [0.1, 0.15) is 11.1 Å². The predicted octanol–water partition coefficient (Wildman–Crippen LogP) is 4.13. The van der Waals surface area contributed by atoms with Crippen LogP contribution in [0.5, 0.6) is 0 Å². The fourth-order valence-corrected chi connectivity index (χ4v) is 13.6. The number of β-lactam (4-membered cyclic amide) rings is 2. The van der Waals surface area contributed by atoms with Crippen LogP contribution in [0.3, 0.4) is 0 Å². The number of amides is 4. The number of rotatable bonds is 12. The summed E-state index contributed by atoms with van der Waals surface area (Å²) in [6.07, 6.45) is 0.182. The molecule has 5 heterocycles. The van der Waals surface area contributed by atoms with Gasteiger partial charge in [0.05, 0.1) is 12.8 Å². The molecule has 5 aliphatic rings. The van der Waals surface area contributed by atoms with Gasteiger partial charge in [-0.05, 0) is 46.5 Å². The number of carbonyl (C=O) groups is 6. The minimum atomic E-state index is -1.20. The number of thioether (sulfide) groups is 4. The van der Waals surface area contributed by atoms with Gasteiger partial charge in [0.25, 0.3) is 11.8 Å². The van der Waals surface area contributed by atoms with E-state index in [1.165, 1.54) is 56.8 Å². The zero-order valence-corrected chi connectivity index (χ0v) is 39.4. The third kappa shape index (κ3) is 9.90. The molecule has 7 rings (SSSR count). The number of carboxylic acids is 2. The molecule has 3 fully saturated rings. The van der Waals surface area contributed by atoms with Crippen LogP contribution in [0, 0.1) is 0 Å². The molecule has 0 saturated carbocycles. The molecule has 4 N–H and O–H groups in total. The van der Waals surface area contributed by atoms with Gasteiger partial charge in [0.1, 0.15) is 42.9 Å². The van der Waals surface area contributed by atoms with Crippen molar-refractivity contribution in [2.24, 2.45) is 0 Å². The number of piperazine rings is 1. The van der Waals surface area contributed by atoms with Crippen molar-refractivity contribution in [3.8, 4) is 0 Å². The van der Waals surface area contributed by atoms with Gasteiger partial charge in [-0.2, -0.15) is 0 Å². The summed E-state index contributed by atoms with van der Waals surface area (Å²) >= 11 is 23.8. The van der Waals surface area contributed by atoms with Gasteiger partial charge in [-0.25, -0.2) is 9.59 Å². The largest absolute Gasteiger partial charge is 0.477 e. The molecule has 22 heteroatoms. The molecule has 4 unspecified atom stereocenters. The second kappa shape index (κ2) is 19.5. The van der Waals surface area contributed by atoms with Gasteiger partial charge in [0.2, 0.25) is 11.8 Å². The summed E-state index contributed by atoms with van der Waals surface area (Å²) in [5.74, 6) is -2.64. The number of nitrogens with one attached hydrogen (secondary N) is 2. The minimum Gasteiger partial charge on any atom is -0.477 e. The molecule has 2 aromatic carbocycles. The molecular weight excluding hydrogens is 1020 g/mol. The summed E-state index contributed by atoms with van der Waals surface area (Å²) < 4.78 is 2.87. The number of aliphatic carboxylic acids is 2. The molecule has 60 heavy (non-hydrogen) atoms. The van der Waals surface area contributed by atoms with Crippen LogP contribution in [0.4, 0.5) is 0 Å². The molecular formula is C38H36Br2N6O8S6. The maximum absolute atomic E-state index is 13.2. The number of carboxylic acid groups (broad SMARTS) is 2. The predicted molar refractivity (Wildman–Crippen MR) is 248 cm³/mol. The summed E-state index contributed by atoms with van der Waals surface area (Å²) in [6, 6.07) is 13.0. The molecule has 3 saturated heterocycles. The van der Waals surface area contributed by atoms with E-state index in [9.17, 15) is 39.0 Å². The van der Waals surface area contributed by atoms with Gasteiger partial charge in [0, 0.05) is 58.1 Å². The third-order valence-electron chi connectivity index (χ3n) is 10.2. The van der Waals surface area contributed by atoms with Crippen molar-refractivity contribution in [1.82, 2.24) is 30.2 Å². The maximum Gasteiger partial charge on any atom is 0.352 e. The van der Waals surface area contributed by atoms with Gasteiger partial charge in [-0.15, -0.1) is 23.5 Å². The number of thiocarbonyl (C=S) groups is 2. The van der Waals surface area contributed by atoms with Crippen molar-refractivity contribution in [2.75, 3.05) is 49.2 Å². The molecule has 316 valence electrons. The van der Waals surface area contributed by atoms with Gasteiger partial charge in [-0.3, -0.25) is 29.0 Å². The molecule has 5 aliphatic heterocycles. The first-order valence-electron chi connectivity index (χ1n) is 18.4. The van der Waals surface area contributed by atoms with Crippen molar-refractivity contribution in [2.45, 2.75) is 35.7 Å². The highest BCUT2D eigenvalue weighted by Crippen LogP contribution is 2.43. The van der Waals surface area contributed by atoms with Crippen molar-refractivity contribution >= 4 is 148 Å². The van der Waals surface area contributed by atoms with E-state index < -0.39 is 46.6 Å². The van der Waals surface area contributed by atoms with Gasteiger partial charge < -0.3 is 30.6 Å². The number of hydrogen-bond donors (Lipinski definition) is 4. The Bertz CT molecular complexity index is 2090. The van der Waals surface area contributed by atoms with Crippen molar-refractivity contribution in [3.05, 3.63) is 91.1 Å². The second-order valence-electron chi connectivity index (χ2n) is 14.1. The Balaban J connectivity index is 0.865. The average molecular weight is 1060 g/mol. The SMILES string of the molecule is O=C(Cc1cccc(Br)c1)NC1C(=O)N2C(C(=O)O)=C(CSC(=S)N3CCN(C(=S)SCC4=C(C(=O)O)N5C(=O)C(NC(=O)Cc6cccc(Br)c6)C5SC4)CC3)CSC12. The molecule has 0 aliphatic carbocycles. The van der Waals surface area contributed by atoms with Crippen molar-refractivity contribution in [3.63, 3.8) is 0 Å². The van der Waals surface area contributed by atoms with E-state index in [0.29, 0.717) is 57.5 Å². The van der Waals surface area contributed by atoms with Crippen LogP contribution in [0.25, 0.3) is 0 Å². The van der Waals surface area contributed by atoms with Crippen LogP contribution in [-0.2, 0) is 41.6 Å². The van der Waals surface area contributed by atoms with Gasteiger partial charge in [-0.1, -0.05) is 104 Å². The van der Waals surface area contributed by atoms with Gasteiger partial charge >= 0.3 is 11.9 Å².